The molecule has 9 nitrogen and oxygen atoms in total. The van der Waals surface area contributed by atoms with E-state index < -0.39 is 5.60 Å². The summed E-state index contributed by atoms with van der Waals surface area (Å²) in [5, 5.41) is 10.1. The number of hydrogen-bond acceptors (Lipinski definition) is 9. The fraction of sp³-hybridized carbons (Fsp3) is 0.517. The Labute approximate surface area is 234 Å². The van der Waals surface area contributed by atoms with Crippen LogP contribution < -0.4 is 9.64 Å². The molecule has 2 aromatic heterocycles. The zero-order valence-electron chi connectivity index (χ0n) is 23.3. The first-order chi connectivity index (χ1) is 18.7. The third-order valence-corrected chi connectivity index (χ3v) is 7.82. The topological polar surface area (TPSA) is 89.9 Å². The van der Waals surface area contributed by atoms with E-state index in [1.165, 1.54) is 12.8 Å². The van der Waals surface area contributed by atoms with Crippen LogP contribution in [-0.2, 0) is 9.47 Å². The summed E-state index contributed by atoms with van der Waals surface area (Å²) in [6, 6.07) is 10.1. The Bertz CT molecular complexity index is 1290. The summed E-state index contributed by atoms with van der Waals surface area (Å²) in [7, 11) is 1.60. The average Bonchev–Trinajstić information content (AvgIpc) is 3.41. The Morgan fingerprint density at radius 1 is 1.15 bits per heavy atom. The molecule has 5 rings (SSSR count). The molecule has 0 spiro atoms. The molecule has 1 aliphatic carbocycles. The van der Waals surface area contributed by atoms with Gasteiger partial charge in [0.15, 0.2) is 12.6 Å². The Hall–Kier alpha value is -3.24. The van der Waals surface area contributed by atoms with Gasteiger partial charge in [-0.3, -0.25) is 0 Å². The lowest BCUT2D eigenvalue weighted by atomic mass is 10.1. The van der Waals surface area contributed by atoms with Crippen LogP contribution in [0.2, 0.25) is 0 Å². The smallest absolute Gasteiger partial charge is 0.410 e. The standard InChI is InChI=1S/C29H37N5O4S/c1-19-30-15-26(39-19)21-8-9-23(25(14-21)37-18-36-5)24-10-11-27(32-31-24)33-13-12-22(17-33)34(16-20-6-7-20)28(35)38-29(2,3)4/h8-11,14-15,20,22H,6-7,12-13,16-18H2,1-5H3/t22-/m1/s1. The summed E-state index contributed by atoms with van der Waals surface area (Å²) in [4.78, 5) is 22.6. The summed E-state index contributed by atoms with van der Waals surface area (Å²) >= 11 is 1.64. The maximum absolute atomic E-state index is 13.0. The Morgan fingerprint density at radius 2 is 1.97 bits per heavy atom. The molecule has 1 saturated carbocycles. The molecule has 1 aromatic carbocycles. The van der Waals surface area contributed by atoms with Crippen LogP contribution in [-0.4, -0.2) is 71.4 Å². The van der Waals surface area contributed by atoms with Crippen molar-refractivity contribution in [1.29, 1.82) is 0 Å². The SMILES string of the molecule is COCOc1cc(-c2cnc(C)s2)ccc1-c1ccc(N2CC[C@@H](N(CC3CC3)C(=O)OC(C)(C)C)C2)nn1. The van der Waals surface area contributed by atoms with Crippen LogP contribution in [0.4, 0.5) is 10.6 Å². The van der Waals surface area contributed by atoms with Gasteiger partial charge >= 0.3 is 6.09 Å². The molecule has 3 heterocycles. The Kier molecular flexibility index (Phi) is 8.04. The van der Waals surface area contributed by atoms with Gasteiger partial charge in [-0.05, 0) is 82.7 Å². The van der Waals surface area contributed by atoms with Crippen molar-refractivity contribution < 1.29 is 19.0 Å². The van der Waals surface area contributed by atoms with Gasteiger partial charge in [-0.15, -0.1) is 21.5 Å². The monoisotopic (exact) mass is 551 g/mol. The minimum atomic E-state index is -0.512. The number of benzene rings is 1. The fourth-order valence-corrected chi connectivity index (χ4v) is 5.51. The molecule has 3 aromatic rings. The number of ether oxygens (including phenoxy) is 3. The van der Waals surface area contributed by atoms with Crippen molar-refractivity contribution in [2.24, 2.45) is 5.92 Å². The average molecular weight is 552 g/mol. The number of carbonyl (C=O) groups is 1. The first kappa shape index (κ1) is 27.3. The number of hydrogen-bond donors (Lipinski definition) is 0. The highest BCUT2D eigenvalue weighted by Gasteiger charge is 2.37. The van der Waals surface area contributed by atoms with Crippen LogP contribution in [0.1, 0.15) is 45.0 Å². The summed E-state index contributed by atoms with van der Waals surface area (Å²) in [6.07, 6.45) is 4.90. The highest BCUT2D eigenvalue weighted by atomic mass is 32.1. The molecule has 1 amide bonds. The van der Waals surface area contributed by atoms with Crippen LogP contribution >= 0.6 is 11.3 Å². The zero-order valence-corrected chi connectivity index (χ0v) is 24.2. The molecule has 2 aliphatic rings. The van der Waals surface area contributed by atoms with Crippen molar-refractivity contribution >= 4 is 23.2 Å². The van der Waals surface area contributed by atoms with E-state index >= 15 is 0 Å². The number of aromatic nitrogens is 3. The number of nitrogens with zero attached hydrogens (tertiary/aromatic N) is 5. The highest BCUT2D eigenvalue weighted by molar-refractivity contribution is 7.15. The second-order valence-corrected chi connectivity index (χ2v) is 12.5. The largest absolute Gasteiger partial charge is 0.467 e. The number of rotatable bonds is 9. The van der Waals surface area contributed by atoms with Gasteiger partial charge < -0.3 is 24.0 Å². The summed E-state index contributed by atoms with van der Waals surface area (Å²) in [6.45, 7) is 10.2. The van der Waals surface area contributed by atoms with Gasteiger partial charge in [0.2, 0.25) is 0 Å². The van der Waals surface area contributed by atoms with E-state index in [0.717, 1.165) is 52.0 Å². The van der Waals surface area contributed by atoms with Gasteiger partial charge in [0, 0.05) is 38.5 Å². The third kappa shape index (κ3) is 6.86. The number of carbonyl (C=O) groups excluding carboxylic acids is 1. The number of methoxy groups -OCH3 is 1. The van der Waals surface area contributed by atoms with E-state index in [2.05, 4.69) is 20.1 Å². The normalized spacial score (nSPS) is 17.4. The lowest BCUT2D eigenvalue weighted by Crippen LogP contribution is -2.45. The van der Waals surface area contributed by atoms with Crippen LogP contribution in [0, 0.1) is 12.8 Å². The van der Waals surface area contributed by atoms with E-state index in [-0.39, 0.29) is 18.9 Å². The minimum Gasteiger partial charge on any atom is -0.467 e. The molecule has 1 aliphatic heterocycles. The van der Waals surface area contributed by atoms with Gasteiger partial charge in [0.05, 0.1) is 21.6 Å². The summed E-state index contributed by atoms with van der Waals surface area (Å²) in [5.41, 5.74) is 2.08. The van der Waals surface area contributed by atoms with E-state index in [9.17, 15) is 4.79 Å². The molecule has 0 N–H and O–H groups in total. The van der Waals surface area contributed by atoms with Gasteiger partial charge in [-0.1, -0.05) is 6.07 Å². The fourth-order valence-electron chi connectivity index (χ4n) is 4.74. The van der Waals surface area contributed by atoms with Gasteiger partial charge in [-0.25, -0.2) is 9.78 Å². The molecule has 0 bridgehead atoms. The lowest BCUT2D eigenvalue weighted by Gasteiger charge is -2.31. The number of aryl methyl sites for hydroxylation is 1. The van der Waals surface area contributed by atoms with Gasteiger partial charge in [-0.2, -0.15) is 0 Å². The molecule has 10 heteroatoms. The Morgan fingerprint density at radius 3 is 2.62 bits per heavy atom. The second-order valence-electron chi connectivity index (χ2n) is 11.2. The van der Waals surface area contributed by atoms with E-state index in [1.807, 2.05) is 69.1 Å². The molecule has 1 saturated heterocycles. The maximum Gasteiger partial charge on any atom is 0.410 e. The van der Waals surface area contributed by atoms with Crippen LogP contribution in [0.15, 0.2) is 36.5 Å². The summed E-state index contributed by atoms with van der Waals surface area (Å²) in [5.74, 6) is 2.07. The molecule has 208 valence electrons. The van der Waals surface area contributed by atoms with Crippen molar-refractivity contribution in [1.82, 2.24) is 20.1 Å². The predicted octanol–water partition coefficient (Wildman–Crippen LogP) is 5.78. The summed E-state index contributed by atoms with van der Waals surface area (Å²) < 4.78 is 16.8. The molecule has 2 fully saturated rings. The molecular formula is C29H37N5O4S. The zero-order chi connectivity index (χ0) is 27.6. The molecule has 0 radical (unpaired) electrons. The third-order valence-electron chi connectivity index (χ3n) is 6.85. The van der Waals surface area contributed by atoms with Crippen LogP contribution in [0.5, 0.6) is 5.75 Å². The number of thiazole rings is 1. The first-order valence-electron chi connectivity index (χ1n) is 13.5. The molecule has 0 unspecified atom stereocenters. The number of amides is 1. The van der Waals surface area contributed by atoms with Crippen molar-refractivity contribution in [3.8, 4) is 27.4 Å². The van der Waals surface area contributed by atoms with Crippen molar-refractivity contribution in [3.05, 3.63) is 41.5 Å². The molecule has 1 atom stereocenters. The highest BCUT2D eigenvalue weighted by Crippen LogP contribution is 2.36. The van der Waals surface area contributed by atoms with Gasteiger partial charge in [0.25, 0.3) is 0 Å². The minimum absolute atomic E-state index is 0.0962. The molecular weight excluding hydrogens is 514 g/mol. The molecule has 39 heavy (non-hydrogen) atoms. The second kappa shape index (κ2) is 11.5. The Balaban J connectivity index is 1.31. The first-order valence-corrected chi connectivity index (χ1v) is 14.3. The predicted molar refractivity (Wildman–Crippen MR) is 152 cm³/mol. The van der Waals surface area contributed by atoms with E-state index in [1.54, 1.807) is 18.4 Å². The van der Waals surface area contributed by atoms with Crippen LogP contribution in [0.25, 0.3) is 21.7 Å². The van der Waals surface area contributed by atoms with Crippen molar-refractivity contribution in [3.63, 3.8) is 0 Å². The van der Waals surface area contributed by atoms with Gasteiger partial charge in [0.1, 0.15) is 11.4 Å². The van der Waals surface area contributed by atoms with E-state index in [0.29, 0.717) is 18.2 Å². The van der Waals surface area contributed by atoms with Crippen LogP contribution in [0.3, 0.4) is 0 Å². The van der Waals surface area contributed by atoms with E-state index in [4.69, 9.17) is 14.2 Å². The maximum atomic E-state index is 13.0. The van der Waals surface area contributed by atoms with Crippen molar-refractivity contribution in [2.45, 2.75) is 58.6 Å². The van der Waals surface area contributed by atoms with Crippen molar-refractivity contribution in [2.75, 3.05) is 38.4 Å². The lowest BCUT2D eigenvalue weighted by molar-refractivity contribution is 0.0167. The number of anilines is 1. The quantitative estimate of drug-likeness (QED) is 0.309.